The summed E-state index contributed by atoms with van der Waals surface area (Å²) in [5.41, 5.74) is 2.82. The summed E-state index contributed by atoms with van der Waals surface area (Å²) in [5.74, 6) is 0. The van der Waals surface area contributed by atoms with E-state index in [-0.39, 0.29) is 0 Å². The van der Waals surface area contributed by atoms with Crippen molar-refractivity contribution >= 4 is 0 Å². The minimum atomic E-state index is 0.560. The highest BCUT2D eigenvalue weighted by atomic mass is 15.4. The molecule has 0 amide bonds. The van der Waals surface area contributed by atoms with Crippen molar-refractivity contribution < 1.29 is 0 Å². The summed E-state index contributed by atoms with van der Waals surface area (Å²) in [6.07, 6.45) is 1.13. The molecule has 2 bridgehead atoms. The van der Waals surface area contributed by atoms with E-state index in [1.807, 2.05) is 0 Å². The minimum Gasteiger partial charge on any atom is -0.315 e. The fraction of sp³-hybridized carbons (Fsp3) is 0.625. The lowest BCUT2D eigenvalue weighted by Crippen LogP contribution is -2.66. The van der Waals surface area contributed by atoms with E-state index in [0.29, 0.717) is 12.1 Å². The molecule has 0 spiro atoms. The minimum absolute atomic E-state index is 0.560. The molecule has 3 aliphatic rings. The molecule has 3 aliphatic heterocycles. The first-order chi connectivity index (χ1) is 9.26. The van der Waals surface area contributed by atoms with Crippen molar-refractivity contribution in [1.82, 2.24) is 15.1 Å². The summed E-state index contributed by atoms with van der Waals surface area (Å²) in [6, 6.07) is 10.2. The number of nitrogens with zero attached hydrogens (tertiary/aromatic N) is 2. The molecule has 4 rings (SSSR count). The van der Waals surface area contributed by atoms with Crippen LogP contribution in [0.4, 0.5) is 0 Å². The molecule has 104 valence electrons. The molecular weight excluding hydrogens is 234 g/mol. The highest BCUT2D eigenvalue weighted by Crippen LogP contribution is 2.20. The molecule has 0 radical (unpaired) electrons. The predicted octanol–water partition coefficient (Wildman–Crippen LogP) is 1.13. The van der Waals surface area contributed by atoms with Gasteiger partial charge in [0.15, 0.2) is 0 Å². The van der Waals surface area contributed by atoms with Crippen LogP contribution in [0.15, 0.2) is 24.3 Å². The van der Waals surface area contributed by atoms with Crippen LogP contribution in [0.25, 0.3) is 0 Å². The Morgan fingerprint density at radius 2 is 2.05 bits per heavy atom. The van der Waals surface area contributed by atoms with Crippen molar-refractivity contribution in [2.45, 2.75) is 25.4 Å². The number of hydrogen-bond acceptors (Lipinski definition) is 3. The van der Waals surface area contributed by atoms with Crippen LogP contribution in [0.3, 0.4) is 0 Å². The lowest BCUT2D eigenvalue weighted by Gasteiger charge is -2.50. The number of nitrogens with one attached hydrogen (secondary N) is 1. The molecule has 0 saturated carbocycles. The molecule has 0 aliphatic carbocycles. The molecule has 1 aromatic rings. The Hall–Kier alpha value is -0.900. The van der Waals surface area contributed by atoms with E-state index in [1.54, 1.807) is 0 Å². The zero-order valence-electron chi connectivity index (χ0n) is 12.1. The molecule has 2 unspecified atom stereocenters. The van der Waals surface area contributed by atoms with Crippen LogP contribution in [0.2, 0.25) is 0 Å². The summed E-state index contributed by atoms with van der Waals surface area (Å²) in [7, 11) is 2.11. The van der Waals surface area contributed by atoms with Crippen LogP contribution in [-0.4, -0.2) is 61.7 Å². The van der Waals surface area contributed by atoms with E-state index in [4.69, 9.17) is 0 Å². The van der Waals surface area contributed by atoms with E-state index >= 15 is 0 Å². The van der Waals surface area contributed by atoms with E-state index in [2.05, 4.69) is 53.4 Å². The number of piperazine rings is 3. The smallest absolute Gasteiger partial charge is 0.0380 e. The third kappa shape index (κ3) is 2.83. The van der Waals surface area contributed by atoms with Crippen molar-refractivity contribution in [1.29, 1.82) is 0 Å². The van der Waals surface area contributed by atoms with Crippen molar-refractivity contribution in [2.24, 2.45) is 0 Å². The SMILES string of the molecule is CNC(Cc1cccc(C)c1)C1CN2CCN1CC2. The Morgan fingerprint density at radius 3 is 2.63 bits per heavy atom. The Labute approximate surface area is 116 Å². The summed E-state index contributed by atoms with van der Waals surface area (Å²) in [6.45, 7) is 8.43. The maximum atomic E-state index is 3.56. The lowest BCUT2D eigenvalue weighted by atomic mass is 9.94. The fourth-order valence-corrected chi connectivity index (χ4v) is 3.56. The second-order valence-corrected chi connectivity index (χ2v) is 5.99. The normalized spacial score (nSPS) is 31.4. The molecule has 2 atom stereocenters. The van der Waals surface area contributed by atoms with Crippen LogP contribution >= 0.6 is 0 Å². The Bertz CT molecular complexity index is 424. The topological polar surface area (TPSA) is 18.5 Å². The van der Waals surface area contributed by atoms with Crippen LogP contribution in [0.1, 0.15) is 11.1 Å². The molecule has 3 heterocycles. The van der Waals surface area contributed by atoms with Crippen molar-refractivity contribution in [3.63, 3.8) is 0 Å². The molecule has 0 aromatic heterocycles. The molecule has 3 heteroatoms. The van der Waals surface area contributed by atoms with E-state index in [0.717, 1.165) is 6.42 Å². The predicted molar refractivity (Wildman–Crippen MR) is 79.5 cm³/mol. The fourth-order valence-electron chi connectivity index (χ4n) is 3.56. The lowest BCUT2D eigenvalue weighted by molar-refractivity contribution is -0.00202. The molecule has 1 N–H and O–H groups in total. The largest absolute Gasteiger partial charge is 0.315 e. The van der Waals surface area contributed by atoms with Crippen LogP contribution in [0, 0.1) is 6.92 Å². The van der Waals surface area contributed by atoms with Crippen LogP contribution < -0.4 is 5.32 Å². The van der Waals surface area contributed by atoms with Gasteiger partial charge in [0.1, 0.15) is 0 Å². The Kier molecular flexibility index (Phi) is 3.87. The maximum Gasteiger partial charge on any atom is 0.0380 e. The first kappa shape index (κ1) is 13.1. The molecule has 3 fully saturated rings. The molecule has 3 saturated heterocycles. The van der Waals surface area contributed by atoms with Gasteiger partial charge >= 0.3 is 0 Å². The van der Waals surface area contributed by atoms with Gasteiger partial charge in [0.25, 0.3) is 0 Å². The summed E-state index contributed by atoms with van der Waals surface area (Å²) in [5, 5.41) is 3.56. The molecular formula is C16H25N3. The Balaban J connectivity index is 1.70. The number of fused-ring (bicyclic) bond motifs is 3. The van der Waals surface area contributed by atoms with Crippen molar-refractivity contribution in [2.75, 3.05) is 39.8 Å². The van der Waals surface area contributed by atoms with Gasteiger partial charge in [0, 0.05) is 44.8 Å². The number of likely N-dealkylation sites (N-methyl/N-ethyl adjacent to an activating group) is 1. The highest BCUT2D eigenvalue weighted by Gasteiger charge is 2.35. The van der Waals surface area contributed by atoms with E-state index < -0.39 is 0 Å². The zero-order valence-corrected chi connectivity index (χ0v) is 12.1. The summed E-state index contributed by atoms with van der Waals surface area (Å²) < 4.78 is 0. The Morgan fingerprint density at radius 1 is 1.26 bits per heavy atom. The van der Waals surface area contributed by atoms with Gasteiger partial charge in [-0.2, -0.15) is 0 Å². The molecule has 3 nitrogen and oxygen atoms in total. The number of hydrogen-bond donors (Lipinski definition) is 1. The molecule has 1 aromatic carbocycles. The van der Waals surface area contributed by atoms with Gasteiger partial charge < -0.3 is 5.32 Å². The second-order valence-electron chi connectivity index (χ2n) is 5.99. The second kappa shape index (κ2) is 5.61. The summed E-state index contributed by atoms with van der Waals surface area (Å²) in [4.78, 5) is 5.29. The molecule has 19 heavy (non-hydrogen) atoms. The number of benzene rings is 1. The third-order valence-corrected chi connectivity index (χ3v) is 4.69. The van der Waals surface area contributed by atoms with Gasteiger partial charge in [-0.25, -0.2) is 0 Å². The monoisotopic (exact) mass is 259 g/mol. The maximum absolute atomic E-state index is 3.56. The average Bonchev–Trinajstić information content (AvgIpc) is 2.46. The van der Waals surface area contributed by atoms with Gasteiger partial charge in [0.2, 0.25) is 0 Å². The zero-order chi connectivity index (χ0) is 13.2. The number of rotatable bonds is 4. The first-order valence-electron chi connectivity index (χ1n) is 7.45. The van der Waals surface area contributed by atoms with Crippen molar-refractivity contribution in [3.8, 4) is 0 Å². The van der Waals surface area contributed by atoms with Crippen LogP contribution in [0.5, 0.6) is 0 Å². The van der Waals surface area contributed by atoms with Gasteiger partial charge in [0.05, 0.1) is 0 Å². The van der Waals surface area contributed by atoms with Gasteiger partial charge in [-0.05, 0) is 26.0 Å². The third-order valence-electron chi connectivity index (χ3n) is 4.69. The standard InChI is InChI=1S/C16H25N3/c1-13-4-3-5-14(10-13)11-15(17-2)16-12-18-6-8-19(16)9-7-18/h3-5,10,15-17H,6-9,11-12H2,1-2H3. The van der Waals surface area contributed by atoms with E-state index in [9.17, 15) is 0 Å². The van der Waals surface area contributed by atoms with Gasteiger partial charge in [-0.3, -0.25) is 9.80 Å². The summed E-state index contributed by atoms with van der Waals surface area (Å²) >= 11 is 0. The van der Waals surface area contributed by atoms with Crippen molar-refractivity contribution in [3.05, 3.63) is 35.4 Å². The van der Waals surface area contributed by atoms with Crippen LogP contribution in [-0.2, 0) is 6.42 Å². The first-order valence-corrected chi connectivity index (χ1v) is 7.45. The number of aryl methyl sites for hydroxylation is 1. The highest BCUT2D eigenvalue weighted by molar-refractivity contribution is 5.23. The van der Waals surface area contributed by atoms with Gasteiger partial charge in [-0.15, -0.1) is 0 Å². The van der Waals surface area contributed by atoms with E-state index in [1.165, 1.54) is 43.9 Å². The quantitative estimate of drug-likeness (QED) is 0.874. The van der Waals surface area contributed by atoms with Gasteiger partial charge in [-0.1, -0.05) is 29.8 Å². The average molecular weight is 259 g/mol.